The zero-order chi connectivity index (χ0) is 39.5. The highest BCUT2D eigenvalue weighted by Gasteiger charge is 2.55. The smallest absolute Gasteiger partial charge is 0.330 e. The monoisotopic (exact) mass is 776 g/mol. The third-order valence-electron chi connectivity index (χ3n) is 12.8. The summed E-state index contributed by atoms with van der Waals surface area (Å²) in [5, 5.41) is -0.229. The van der Waals surface area contributed by atoms with Crippen molar-refractivity contribution in [3.05, 3.63) is 103 Å². The summed E-state index contributed by atoms with van der Waals surface area (Å²) < 4.78 is 30.1. The lowest BCUT2D eigenvalue weighted by Crippen LogP contribution is -2.55. The average molecular weight is 777 g/mol. The number of hydrogen-bond donors (Lipinski definition) is 1. The maximum atomic E-state index is 14.1. The Morgan fingerprint density at radius 1 is 0.660 bits per heavy atom. The molecular formula is C42H64N2O6Si3. The normalized spacial score (nSPS) is 21.7. The van der Waals surface area contributed by atoms with Crippen LogP contribution in [0.2, 0.25) is 54.4 Å². The Morgan fingerprint density at radius 3 is 1.58 bits per heavy atom. The summed E-state index contributed by atoms with van der Waals surface area (Å²) in [4.78, 5) is 30.9. The van der Waals surface area contributed by atoms with Crippen molar-refractivity contribution in [3.63, 3.8) is 0 Å². The molecule has 1 fully saturated rings. The van der Waals surface area contributed by atoms with Crippen molar-refractivity contribution in [1.82, 2.24) is 9.55 Å². The molecule has 2 aromatic carbocycles. The van der Waals surface area contributed by atoms with Crippen LogP contribution in [0.15, 0.2) is 64.3 Å². The SMILES string of the molecule is CC(C)(C)[Si](C)(C)OC[C@H]1O[C@@H](n2cc(C3c4ccccc4C=Cc4ccccc43)c(=O)[nH]c2=O)[C@H](O[Si](C)(C)C(C)(C)C)[C@@H]1O[Si](C)(C)C(C)(C)C. The average Bonchev–Trinajstić information content (AvgIpc) is 3.24. The highest BCUT2D eigenvalue weighted by molar-refractivity contribution is 6.75. The third kappa shape index (κ3) is 8.32. The highest BCUT2D eigenvalue weighted by atomic mass is 28.4. The van der Waals surface area contributed by atoms with Crippen molar-refractivity contribution in [2.24, 2.45) is 0 Å². The summed E-state index contributed by atoms with van der Waals surface area (Å²) in [5.41, 5.74) is 3.52. The Bertz CT molecular complexity index is 1890. The van der Waals surface area contributed by atoms with E-state index in [4.69, 9.17) is 18.0 Å². The molecular weight excluding hydrogens is 713 g/mol. The molecule has 0 bridgehead atoms. The Kier molecular flexibility index (Phi) is 11.3. The van der Waals surface area contributed by atoms with Gasteiger partial charge in [-0.3, -0.25) is 14.3 Å². The van der Waals surface area contributed by atoms with Crippen molar-refractivity contribution in [2.45, 2.75) is 147 Å². The molecule has 3 aromatic rings. The molecule has 2 aliphatic rings. The quantitative estimate of drug-likeness (QED) is 0.170. The van der Waals surface area contributed by atoms with E-state index >= 15 is 0 Å². The minimum atomic E-state index is -2.47. The molecule has 53 heavy (non-hydrogen) atoms. The lowest BCUT2D eigenvalue weighted by molar-refractivity contribution is -0.0511. The molecule has 2 heterocycles. The zero-order valence-electron chi connectivity index (χ0n) is 34.8. The van der Waals surface area contributed by atoms with Crippen LogP contribution >= 0.6 is 0 Å². The number of aromatic amines is 1. The molecule has 1 aliphatic heterocycles. The summed E-state index contributed by atoms with van der Waals surface area (Å²) in [5.74, 6) is -0.425. The molecule has 0 saturated carbocycles. The standard InChI is InChI=1S/C42H64N2O6Si3/c1-40(2,3)51(10,11)47-27-33-35(49-52(12,13)41(4,5)6)36(50-53(14,15)42(7,8)9)38(48-33)44-26-32(37(45)43-39(44)46)34-30-22-18-16-20-28(30)24-25-29-21-17-19-23-31(29)34/h16-26,33-36,38H,27H2,1-15H3,(H,43,45,46)/t33-,35-,36-,38-/m1/s1. The number of rotatable bonds is 9. The van der Waals surface area contributed by atoms with Gasteiger partial charge in [0.05, 0.1) is 6.61 Å². The van der Waals surface area contributed by atoms with Gasteiger partial charge in [0.25, 0.3) is 5.56 Å². The van der Waals surface area contributed by atoms with Crippen LogP contribution in [0.25, 0.3) is 12.2 Å². The number of benzene rings is 2. The summed E-state index contributed by atoms with van der Waals surface area (Å²) in [6.07, 6.45) is 3.38. The van der Waals surface area contributed by atoms with Gasteiger partial charge in [0, 0.05) is 17.7 Å². The highest BCUT2D eigenvalue weighted by Crippen LogP contribution is 2.47. The fourth-order valence-corrected chi connectivity index (χ4v) is 9.92. The molecule has 0 radical (unpaired) electrons. The van der Waals surface area contributed by atoms with E-state index in [0.29, 0.717) is 12.2 Å². The van der Waals surface area contributed by atoms with Crippen molar-refractivity contribution in [1.29, 1.82) is 0 Å². The third-order valence-corrected chi connectivity index (χ3v) is 26.3. The van der Waals surface area contributed by atoms with E-state index in [-0.39, 0.29) is 15.1 Å². The van der Waals surface area contributed by atoms with Gasteiger partial charge >= 0.3 is 5.69 Å². The van der Waals surface area contributed by atoms with Crippen LogP contribution in [-0.4, -0.2) is 59.4 Å². The summed E-state index contributed by atoms with van der Waals surface area (Å²) in [6.45, 7) is 33.7. The number of hydrogen-bond acceptors (Lipinski definition) is 6. The van der Waals surface area contributed by atoms with Crippen LogP contribution in [0.5, 0.6) is 0 Å². The molecule has 290 valence electrons. The van der Waals surface area contributed by atoms with E-state index in [2.05, 4.69) is 143 Å². The summed E-state index contributed by atoms with van der Waals surface area (Å²) in [6, 6.07) is 16.3. The molecule has 5 rings (SSSR count). The zero-order valence-corrected chi connectivity index (χ0v) is 37.8. The van der Waals surface area contributed by atoms with Gasteiger partial charge in [0.1, 0.15) is 18.3 Å². The molecule has 1 aliphatic carbocycles. The van der Waals surface area contributed by atoms with Crippen molar-refractivity contribution >= 4 is 37.1 Å². The molecule has 4 atom stereocenters. The second-order valence-corrected chi connectivity index (χ2v) is 33.9. The van der Waals surface area contributed by atoms with Crippen LogP contribution in [-0.2, 0) is 18.0 Å². The first-order valence-corrected chi connectivity index (χ1v) is 27.8. The number of H-pyrrole nitrogens is 1. The van der Waals surface area contributed by atoms with Gasteiger partial charge in [0.2, 0.25) is 0 Å². The molecule has 0 unspecified atom stereocenters. The lowest BCUT2D eigenvalue weighted by atomic mass is 9.83. The molecule has 1 N–H and O–H groups in total. The van der Waals surface area contributed by atoms with E-state index in [1.807, 2.05) is 24.3 Å². The summed E-state index contributed by atoms with van der Waals surface area (Å²) in [7, 11) is -7.08. The van der Waals surface area contributed by atoms with E-state index in [9.17, 15) is 9.59 Å². The first-order valence-electron chi connectivity index (χ1n) is 19.1. The van der Waals surface area contributed by atoms with Crippen LogP contribution in [0, 0.1) is 0 Å². The number of fused-ring (bicyclic) bond motifs is 2. The molecule has 0 spiro atoms. The second-order valence-electron chi connectivity index (χ2n) is 19.6. The van der Waals surface area contributed by atoms with Gasteiger partial charge in [-0.05, 0) is 76.7 Å². The predicted octanol–water partition coefficient (Wildman–Crippen LogP) is 9.90. The van der Waals surface area contributed by atoms with Crippen molar-refractivity contribution in [2.75, 3.05) is 6.61 Å². The minimum Gasteiger partial charge on any atom is -0.414 e. The Morgan fingerprint density at radius 2 is 1.11 bits per heavy atom. The van der Waals surface area contributed by atoms with E-state index in [0.717, 1.165) is 22.3 Å². The van der Waals surface area contributed by atoms with Gasteiger partial charge < -0.3 is 18.0 Å². The second kappa shape index (κ2) is 14.5. The van der Waals surface area contributed by atoms with Gasteiger partial charge in [-0.2, -0.15) is 0 Å². The molecule has 11 heteroatoms. The fraction of sp³-hybridized carbons (Fsp3) is 0.571. The molecule has 0 amide bonds. The fourth-order valence-electron chi connectivity index (χ4n) is 6.30. The largest absolute Gasteiger partial charge is 0.414 e. The van der Waals surface area contributed by atoms with Gasteiger partial charge in [0.15, 0.2) is 31.2 Å². The topological polar surface area (TPSA) is 91.8 Å². The summed E-state index contributed by atoms with van der Waals surface area (Å²) >= 11 is 0. The van der Waals surface area contributed by atoms with Crippen LogP contribution in [0.3, 0.4) is 0 Å². The van der Waals surface area contributed by atoms with Gasteiger partial charge in [-0.25, -0.2) is 4.79 Å². The number of nitrogens with one attached hydrogen (secondary N) is 1. The maximum absolute atomic E-state index is 14.1. The number of ether oxygens (including phenoxy) is 1. The maximum Gasteiger partial charge on any atom is 0.330 e. The van der Waals surface area contributed by atoms with E-state index in [1.54, 1.807) is 10.8 Å². The number of aromatic nitrogens is 2. The van der Waals surface area contributed by atoms with Crippen LogP contribution in [0.4, 0.5) is 0 Å². The molecule has 1 saturated heterocycles. The minimum absolute atomic E-state index is 0.0112. The first kappa shape index (κ1) is 41.5. The first-order chi connectivity index (χ1) is 24.3. The van der Waals surface area contributed by atoms with E-state index < -0.39 is 66.7 Å². The van der Waals surface area contributed by atoms with Crippen molar-refractivity contribution in [3.8, 4) is 0 Å². The Balaban J connectivity index is 1.71. The molecule has 1 aromatic heterocycles. The predicted molar refractivity (Wildman–Crippen MR) is 225 cm³/mol. The van der Waals surface area contributed by atoms with Gasteiger partial charge in [-0.1, -0.05) is 123 Å². The van der Waals surface area contributed by atoms with Crippen molar-refractivity contribution < 1.29 is 18.0 Å². The number of nitrogens with zero attached hydrogens (tertiary/aromatic N) is 1. The van der Waals surface area contributed by atoms with Gasteiger partial charge in [-0.15, -0.1) is 0 Å². The Hall–Kier alpha value is -2.65. The lowest BCUT2D eigenvalue weighted by Gasteiger charge is -2.44. The van der Waals surface area contributed by atoms with Crippen LogP contribution < -0.4 is 11.2 Å². The van der Waals surface area contributed by atoms with Crippen LogP contribution in [0.1, 0.15) is 102 Å². The Labute approximate surface area is 320 Å². The molecule has 8 nitrogen and oxygen atoms in total. The van der Waals surface area contributed by atoms with E-state index in [1.165, 1.54) is 0 Å².